The van der Waals surface area contributed by atoms with Gasteiger partial charge >= 0.3 is 0 Å². The standard InChI is InChI=1S/C10H15ClO/c1-9(2)5-7(11)10(3)4-6(10)8(9)12/h6-7H,4-5H2,1-3H3/t6-,7-,10-/m1/s1. The number of carbonyl (C=O) groups is 1. The maximum atomic E-state index is 11.8. The lowest BCUT2D eigenvalue weighted by Crippen LogP contribution is -2.38. The van der Waals surface area contributed by atoms with Crippen LogP contribution in [0, 0.1) is 16.7 Å². The van der Waals surface area contributed by atoms with Crippen molar-refractivity contribution in [2.24, 2.45) is 16.7 Å². The molecule has 2 saturated carbocycles. The van der Waals surface area contributed by atoms with Crippen molar-refractivity contribution in [1.29, 1.82) is 0 Å². The summed E-state index contributed by atoms with van der Waals surface area (Å²) in [6.07, 6.45) is 1.86. The summed E-state index contributed by atoms with van der Waals surface area (Å²) in [5.41, 5.74) is -0.0265. The third-order valence-electron chi connectivity index (χ3n) is 3.67. The van der Waals surface area contributed by atoms with Gasteiger partial charge in [0.15, 0.2) is 0 Å². The molecule has 0 N–H and O–H groups in total. The Bertz CT molecular complexity index is 246. The number of rotatable bonds is 0. The second-order valence-corrected chi connectivity index (χ2v) is 5.71. The number of alkyl halides is 1. The maximum absolute atomic E-state index is 11.8. The Labute approximate surface area is 78.5 Å². The average Bonchev–Trinajstić information content (AvgIpc) is 2.60. The van der Waals surface area contributed by atoms with Crippen molar-refractivity contribution in [3.63, 3.8) is 0 Å². The fourth-order valence-corrected chi connectivity index (χ4v) is 3.00. The van der Waals surface area contributed by atoms with Crippen molar-refractivity contribution in [2.75, 3.05) is 0 Å². The quantitative estimate of drug-likeness (QED) is 0.532. The van der Waals surface area contributed by atoms with E-state index in [4.69, 9.17) is 11.6 Å². The summed E-state index contributed by atoms with van der Waals surface area (Å²) in [5, 5.41) is 0.204. The van der Waals surface area contributed by atoms with Gasteiger partial charge in [0, 0.05) is 16.7 Å². The Morgan fingerprint density at radius 3 is 2.50 bits per heavy atom. The molecule has 2 heteroatoms. The fraction of sp³-hybridized carbons (Fsp3) is 0.900. The average molecular weight is 187 g/mol. The van der Waals surface area contributed by atoms with E-state index in [0.717, 1.165) is 12.8 Å². The van der Waals surface area contributed by atoms with E-state index in [1.165, 1.54) is 0 Å². The van der Waals surface area contributed by atoms with Crippen molar-refractivity contribution in [2.45, 2.75) is 39.0 Å². The molecule has 2 aliphatic carbocycles. The highest BCUT2D eigenvalue weighted by atomic mass is 35.5. The van der Waals surface area contributed by atoms with Gasteiger partial charge in [0.2, 0.25) is 0 Å². The third kappa shape index (κ3) is 0.891. The minimum atomic E-state index is -0.174. The molecule has 0 aromatic carbocycles. The van der Waals surface area contributed by atoms with Gasteiger partial charge in [-0.2, -0.15) is 0 Å². The summed E-state index contributed by atoms with van der Waals surface area (Å²) in [6.45, 7) is 6.17. The molecule has 0 heterocycles. The normalized spacial score (nSPS) is 50.2. The second-order valence-electron chi connectivity index (χ2n) is 5.18. The number of Topliss-reactive ketones (excluding diaryl/α,β-unsaturated/α-hetero) is 1. The van der Waals surface area contributed by atoms with E-state index in [2.05, 4.69) is 6.92 Å². The predicted molar refractivity (Wildman–Crippen MR) is 49.3 cm³/mol. The van der Waals surface area contributed by atoms with Crippen LogP contribution in [-0.2, 0) is 4.79 Å². The van der Waals surface area contributed by atoms with Gasteiger partial charge in [-0.25, -0.2) is 0 Å². The van der Waals surface area contributed by atoms with Gasteiger partial charge in [-0.3, -0.25) is 4.79 Å². The highest BCUT2D eigenvalue weighted by Gasteiger charge is 2.64. The van der Waals surface area contributed by atoms with Gasteiger partial charge in [0.1, 0.15) is 5.78 Å². The molecule has 0 saturated heterocycles. The van der Waals surface area contributed by atoms with Crippen LogP contribution in [0.4, 0.5) is 0 Å². The zero-order valence-electron chi connectivity index (χ0n) is 7.86. The van der Waals surface area contributed by atoms with Crippen LogP contribution in [0.3, 0.4) is 0 Å². The first-order chi connectivity index (χ1) is 5.38. The van der Waals surface area contributed by atoms with E-state index in [-0.39, 0.29) is 22.1 Å². The molecular weight excluding hydrogens is 172 g/mol. The number of hydrogen-bond donors (Lipinski definition) is 0. The fourth-order valence-electron chi connectivity index (χ4n) is 2.37. The minimum Gasteiger partial charge on any atom is -0.299 e. The first-order valence-corrected chi connectivity index (χ1v) is 5.00. The van der Waals surface area contributed by atoms with Crippen molar-refractivity contribution < 1.29 is 4.79 Å². The highest BCUT2D eigenvalue weighted by molar-refractivity contribution is 6.22. The van der Waals surface area contributed by atoms with Gasteiger partial charge in [-0.05, 0) is 18.3 Å². The summed E-state index contributed by atoms with van der Waals surface area (Å²) < 4.78 is 0. The zero-order valence-corrected chi connectivity index (χ0v) is 8.61. The Morgan fingerprint density at radius 2 is 1.92 bits per heavy atom. The van der Waals surface area contributed by atoms with Crippen molar-refractivity contribution >= 4 is 17.4 Å². The van der Waals surface area contributed by atoms with E-state index in [9.17, 15) is 4.79 Å². The maximum Gasteiger partial charge on any atom is 0.142 e. The summed E-state index contributed by atoms with van der Waals surface area (Å²) in [5.74, 6) is 0.700. The first-order valence-electron chi connectivity index (χ1n) is 4.56. The lowest BCUT2D eigenvalue weighted by atomic mass is 9.72. The molecule has 68 valence electrons. The van der Waals surface area contributed by atoms with Crippen LogP contribution < -0.4 is 0 Å². The lowest BCUT2D eigenvalue weighted by molar-refractivity contribution is -0.131. The number of carbonyl (C=O) groups excluding carboxylic acids is 1. The van der Waals surface area contributed by atoms with Gasteiger partial charge < -0.3 is 0 Å². The highest BCUT2D eigenvalue weighted by Crippen LogP contribution is 2.64. The largest absolute Gasteiger partial charge is 0.299 e. The van der Waals surface area contributed by atoms with Crippen molar-refractivity contribution in [3.8, 4) is 0 Å². The van der Waals surface area contributed by atoms with Crippen LogP contribution in [0.25, 0.3) is 0 Å². The Hall–Kier alpha value is -0.0400. The van der Waals surface area contributed by atoms with E-state index in [0.29, 0.717) is 5.78 Å². The lowest BCUT2D eigenvalue weighted by Gasteiger charge is -2.34. The summed E-state index contributed by atoms with van der Waals surface area (Å²) in [4.78, 5) is 11.8. The molecule has 0 radical (unpaired) electrons. The van der Waals surface area contributed by atoms with Gasteiger partial charge in [0.25, 0.3) is 0 Å². The molecule has 12 heavy (non-hydrogen) atoms. The third-order valence-corrected chi connectivity index (χ3v) is 4.32. The molecule has 0 aromatic heterocycles. The van der Waals surface area contributed by atoms with Gasteiger partial charge in [-0.15, -0.1) is 11.6 Å². The van der Waals surface area contributed by atoms with Gasteiger partial charge in [0.05, 0.1) is 0 Å². The van der Waals surface area contributed by atoms with Crippen LogP contribution in [0.2, 0.25) is 0 Å². The summed E-state index contributed by atoms with van der Waals surface area (Å²) >= 11 is 6.25. The molecule has 3 atom stereocenters. The molecule has 0 aromatic rings. The van der Waals surface area contributed by atoms with E-state index in [1.54, 1.807) is 0 Å². The summed E-state index contributed by atoms with van der Waals surface area (Å²) in [7, 11) is 0. The molecule has 0 amide bonds. The van der Waals surface area contributed by atoms with E-state index < -0.39 is 0 Å². The Kier molecular flexibility index (Phi) is 1.47. The molecule has 2 fully saturated rings. The van der Waals surface area contributed by atoms with E-state index >= 15 is 0 Å². The van der Waals surface area contributed by atoms with Crippen LogP contribution in [0.15, 0.2) is 0 Å². The monoisotopic (exact) mass is 186 g/mol. The predicted octanol–water partition coefficient (Wildman–Crippen LogP) is 2.62. The molecule has 2 aliphatic rings. The van der Waals surface area contributed by atoms with Crippen LogP contribution in [0.5, 0.6) is 0 Å². The number of ketones is 1. The van der Waals surface area contributed by atoms with Crippen LogP contribution in [-0.4, -0.2) is 11.2 Å². The molecule has 0 bridgehead atoms. The number of hydrogen-bond acceptors (Lipinski definition) is 1. The summed E-state index contributed by atoms with van der Waals surface area (Å²) in [6, 6.07) is 0. The minimum absolute atomic E-state index is 0.147. The first kappa shape index (κ1) is 8.55. The Balaban J connectivity index is 2.28. The van der Waals surface area contributed by atoms with Crippen LogP contribution >= 0.6 is 11.6 Å². The van der Waals surface area contributed by atoms with Crippen molar-refractivity contribution in [3.05, 3.63) is 0 Å². The molecular formula is C10H15ClO. The zero-order chi connectivity index (χ0) is 9.15. The van der Waals surface area contributed by atoms with Crippen molar-refractivity contribution in [1.82, 2.24) is 0 Å². The smallest absolute Gasteiger partial charge is 0.142 e. The molecule has 1 nitrogen and oxygen atoms in total. The molecule has 0 unspecified atom stereocenters. The number of fused-ring (bicyclic) bond motifs is 1. The Morgan fingerprint density at radius 1 is 1.33 bits per heavy atom. The SMILES string of the molecule is CC1(C)C[C@@H](Cl)[C@]2(C)C[C@@H]2C1=O. The molecule has 2 rings (SSSR count). The second kappa shape index (κ2) is 2.06. The molecule has 0 spiro atoms. The number of halogens is 1. The molecule has 0 aliphatic heterocycles. The van der Waals surface area contributed by atoms with E-state index in [1.807, 2.05) is 13.8 Å². The topological polar surface area (TPSA) is 17.1 Å². The van der Waals surface area contributed by atoms with Crippen LogP contribution in [0.1, 0.15) is 33.6 Å². The van der Waals surface area contributed by atoms with Gasteiger partial charge in [-0.1, -0.05) is 20.8 Å².